The molecular weight excluding hydrogens is 189 g/mol. The lowest BCUT2D eigenvalue weighted by atomic mass is 9.97. The number of nitrogens with one attached hydrogen (secondary N) is 1. The molecule has 1 unspecified atom stereocenters. The van der Waals surface area contributed by atoms with Crippen LogP contribution in [0.1, 0.15) is 30.4 Å². The third-order valence-electron chi connectivity index (χ3n) is 3.00. The number of hydrogen-bond donors (Lipinski definition) is 1. The third-order valence-corrected chi connectivity index (χ3v) is 3.00. The van der Waals surface area contributed by atoms with Gasteiger partial charge in [0.1, 0.15) is 5.82 Å². The van der Waals surface area contributed by atoms with Crippen LogP contribution in [-0.4, -0.2) is 12.6 Å². The second-order valence-corrected chi connectivity index (χ2v) is 4.49. The Morgan fingerprint density at radius 1 is 1.33 bits per heavy atom. The molecule has 82 valence electrons. The molecule has 1 aliphatic heterocycles. The van der Waals surface area contributed by atoms with Crippen LogP contribution in [0.3, 0.4) is 0 Å². The van der Waals surface area contributed by atoms with Gasteiger partial charge < -0.3 is 5.32 Å². The highest BCUT2D eigenvalue weighted by Crippen LogP contribution is 2.15. The molecule has 0 spiro atoms. The van der Waals surface area contributed by atoms with Crippen molar-refractivity contribution in [1.29, 1.82) is 0 Å². The molecule has 1 fully saturated rings. The summed E-state index contributed by atoms with van der Waals surface area (Å²) in [6.07, 6.45) is 4.75. The molecule has 0 bridgehead atoms. The van der Waals surface area contributed by atoms with Gasteiger partial charge in [-0.3, -0.25) is 0 Å². The number of piperidine rings is 1. The smallest absolute Gasteiger partial charge is 0.123 e. The fourth-order valence-corrected chi connectivity index (χ4v) is 2.31. The van der Waals surface area contributed by atoms with Crippen molar-refractivity contribution >= 4 is 0 Å². The van der Waals surface area contributed by atoms with Crippen LogP contribution in [-0.2, 0) is 6.42 Å². The van der Waals surface area contributed by atoms with Gasteiger partial charge in [0, 0.05) is 6.04 Å². The Bertz CT molecular complexity index is 309. The van der Waals surface area contributed by atoms with Crippen LogP contribution in [0.15, 0.2) is 18.2 Å². The predicted molar refractivity (Wildman–Crippen MR) is 60.5 cm³/mol. The van der Waals surface area contributed by atoms with Gasteiger partial charge in [-0.15, -0.1) is 0 Å². The molecule has 1 saturated heterocycles. The molecule has 1 nitrogen and oxygen atoms in total. The van der Waals surface area contributed by atoms with E-state index in [2.05, 4.69) is 11.4 Å². The van der Waals surface area contributed by atoms with Crippen molar-refractivity contribution in [3.63, 3.8) is 0 Å². The molecule has 1 atom stereocenters. The van der Waals surface area contributed by atoms with Gasteiger partial charge in [-0.25, -0.2) is 4.39 Å². The van der Waals surface area contributed by atoms with Crippen LogP contribution in [0.4, 0.5) is 4.39 Å². The summed E-state index contributed by atoms with van der Waals surface area (Å²) in [6.45, 7) is 3.06. The van der Waals surface area contributed by atoms with E-state index in [1.165, 1.54) is 19.3 Å². The van der Waals surface area contributed by atoms with Gasteiger partial charge in [0.05, 0.1) is 0 Å². The predicted octanol–water partition coefficient (Wildman–Crippen LogP) is 2.82. The van der Waals surface area contributed by atoms with Crippen molar-refractivity contribution in [2.24, 2.45) is 0 Å². The summed E-state index contributed by atoms with van der Waals surface area (Å²) >= 11 is 0. The zero-order chi connectivity index (χ0) is 10.7. The first-order valence-corrected chi connectivity index (χ1v) is 5.73. The van der Waals surface area contributed by atoms with E-state index in [-0.39, 0.29) is 5.82 Å². The zero-order valence-electron chi connectivity index (χ0n) is 9.22. The Morgan fingerprint density at radius 2 is 2.20 bits per heavy atom. The fourth-order valence-electron chi connectivity index (χ4n) is 2.31. The first-order chi connectivity index (χ1) is 7.24. The van der Waals surface area contributed by atoms with E-state index in [4.69, 9.17) is 0 Å². The molecule has 0 aromatic heterocycles. The monoisotopic (exact) mass is 207 g/mol. The normalized spacial score (nSPS) is 21.6. The maximum Gasteiger partial charge on any atom is 0.123 e. The van der Waals surface area contributed by atoms with Gasteiger partial charge in [0.25, 0.3) is 0 Å². The average molecular weight is 207 g/mol. The summed E-state index contributed by atoms with van der Waals surface area (Å²) < 4.78 is 13.2. The molecule has 1 aromatic carbocycles. The molecule has 0 saturated carbocycles. The van der Waals surface area contributed by atoms with E-state index in [0.29, 0.717) is 6.04 Å². The van der Waals surface area contributed by atoms with E-state index < -0.39 is 0 Å². The molecule has 0 amide bonds. The van der Waals surface area contributed by atoms with Crippen molar-refractivity contribution in [2.75, 3.05) is 6.54 Å². The molecule has 2 heteroatoms. The first-order valence-electron chi connectivity index (χ1n) is 5.73. The lowest BCUT2D eigenvalue weighted by Gasteiger charge is -2.23. The van der Waals surface area contributed by atoms with Crippen molar-refractivity contribution < 1.29 is 4.39 Å². The number of halogens is 1. The van der Waals surface area contributed by atoms with Crippen LogP contribution < -0.4 is 5.32 Å². The summed E-state index contributed by atoms with van der Waals surface area (Å²) in [5.41, 5.74) is 2.13. The van der Waals surface area contributed by atoms with E-state index >= 15 is 0 Å². The maximum absolute atomic E-state index is 13.2. The van der Waals surface area contributed by atoms with E-state index in [1.54, 1.807) is 12.1 Å². The molecule has 1 N–H and O–H groups in total. The highest BCUT2D eigenvalue weighted by atomic mass is 19.1. The zero-order valence-corrected chi connectivity index (χ0v) is 9.22. The number of rotatable bonds is 2. The quantitative estimate of drug-likeness (QED) is 0.786. The molecule has 1 aliphatic rings. The molecule has 2 rings (SSSR count). The minimum absolute atomic E-state index is 0.110. The average Bonchev–Trinajstić information content (AvgIpc) is 2.17. The molecule has 0 radical (unpaired) electrons. The second kappa shape index (κ2) is 4.75. The molecule has 1 heterocycles. The minimum atomic E-state index is -0.110. The standard InChI is InChI=1S/C13H18FN/c1-10-6-11(8-12(14)7-10)9-13-4-2-3-5-15-13/h6-8,13,15H,2-5,9H2,1H3. The Morgan fingerprint density at radius 3 is 2.87 bits per heavy atom. The lowest BCUT2D eigenvalue weighted by Crippen LogP contribution is -2.35. The maximum atomic E-state index is 13.2. The van der Waals surface area contributed by atoms with Crippen molar-refractivity contribution in [3.8, 4) is 0 Å². The van der Waals surface area contributed by atoms with Crippen molar-refractivity contribution in [2.45, 2.75) is 38.6 Å². The van der Waals surface area contributed by atoms with E-state index in [1.807, 2.05) is 6.92 Å². The summed E-state index contributed by atoms with van der Waals surface area (Å²) in [4.78, 5) is 0. The van der Waals surface area contributed by atoms with Gasteiger partial charge in [0.15, 0.2) is 0 Å². The summed E-state index contributed by atoms with van der Waals surface area (Å²) in [5, 5.41) is 3.48. The minimum Gasteiger partial charge on any atom is -0.314 e. The number of benzene rings is 1. The molecule has 15 heavy (non-hydrogen) atoms. The SMILES string of the molecule is Cc1cc(F)cc(CC2CCCCN2)c1. The van der Waals surface area contributed by atoms with Crippen molar-refractivity contribution in [3.05, 3.63) is 35.1 Å². The van der Waals surface area contributed by atoms with Crippen LogP contribution in [0.5, 0.6) is 0 Å². The Labute approximate surface area is 90.7 Å². The third kappa shape index (κ3) is 3.03. The number of hydrogen-bond acceptors (Lipinski definition) is 1. The summed E-state index contributed by atoms with van der Waals surface area (Å²) in [7, 11) is 0. The highest BCUT2D eigenvalue weighted by Gasteiger charge is 2.13. The van der Waals surface area contributed by atoms with Crippen LogP contribution in [0, 0.1) is 12.7 Å². The number of aryl methyl sites for hydroxylation is 1. The van der Waals surface area contributed by atoms with Crippen LogP contribution in [0.25, 0.3) is 0 Å². The Hall–Kier alpha value is -0.890. The fraction of sp³-hybridized carbons (Fsp3) is 0.538. The van der Waals surface area contributed by atoms with Gasteiger partial charge in [-0.1, -0.05) is 12.5 Å². The molecular formula is C13H18FN. The van der Waals surface area contributed by atoms with Gasteiger partial charge in [0.2, 0.25) is 0 Å². The Kier molecular flexibility index (Phi) is 3.37. The summed E-state index contributed by atoms with van der Waals surface area (Å²) in [6, 6.07) is 5.86. The van der Waals surface area contributed by atoms with Gasteiger partial charge in [-0.05, 0) is 56.0 Å². The Balaban J connectivity index is 2.02. The lowest BCUT2D eigenvalue weighted by molar-refractivity contribution is 0.399. The first kappa shape index (κ1) is 10.6. The van der Waals surface area contributed by atoms with Gasteiger partial charge in [-0.2, -0.15) is 0 Å². The van der Waals surface area contributed by atoms with Crippen LogP contribution >= 0.6 is 0 Å². The molecule has 0 aliphatic carbocycles. The topological polar surface area (TPSA) is 12.0 Å². The summed E-state index contributed by atoms with van der Waals surface area (Å²) in [5.74, 6) is -0.110. The van der Waals surface area contributed by atoms with E-state index in [9.17, 15) is 4.39 Å². The van der Waals surface area contributed by atoms with E-state index in [0.717, 1.165) is 24.1 Å². The largest absolute Gasteiger partial charge is 0.314 e. The van der Waals surface area contributed by atoms with Gasteiger partial charge >= 0.3 is 0 Å². The van der Waals surface area contributed by atoms with Crippen molar-refractivity contribution in [1.82, 2.24) is 5.32 Å². The van der Waals surface area contributed by atoms with Crippen LogP contribution in [0.2, 0.25) is 0 Å². The molecule has 1 aromatic rings. The highest BCUT2D eigenvalue weighted by molar-refractivity contribution is 5.24. The second-order valence-electron chi connectivity index (χ2n) is 4.49.